The monoisotopic (exact) mass is 242 g/mol. The van der Waals surface area contributed by atoms with Gasteiger partial charge in [0.2, 0.25) is 0 Å². The fourth-order valence-corrected chi connectivity index (χ4v) is 2.58. The highest BCUT2D eigenvalue weighted by Gasteiger charge is 2.13. The van der Waals surface area contributed by atoms with Gasteiger partial charge in [0.25, 0.3) is 0 Å². The van der Waals surface area contributed by atoms with Gasteiger partial charge in [-0.15, -0.1) is 0 Å². The summed E-state index contributed by atoms with van der Waals surface area (Å²) in [5.41, 5.74) is 8.97. The van der Waals surface area contributed by atoms with Gasteiger partial charge in [-0.2, -0.15) is 0 Å². The minimum atomic E-state index is 0.500. The van der Waals surface area contributed by atoms with Crippen molar-refractivity contribution >= 4 is 34.1 Å². The van der Waals surface area contributed by atoms with Crippen LogP contribution in [0.25, 0.3) is 10.9 Å². The number of fused-ring (bicyclic) bond motifs is 1. The van der Waals surface area contributed by atoms with Gasteiger partial charge in [0.15, 0.2) is 0 Å². The maximum atomic E-state index is 6.16. The summed E-state index contributed by atoms with van der Waals surface area (Å²) in [5, 5.41) is 2.37. The molecule has 0 aliphatic carbocycles. The van der Waals surface area contributed by atoms with E-state index < -0.39 is 0 Å². The van der Waals surface area contributed by atoms with Crippen LogP contribution < -0.4 is 5.73 Å². The van der Waals surface area contributed by atoms with E-state index in [1.165, 1.54) is 0 Å². The van der Waals surface area contributed by atoms with Crippen LogP contribution in [0.5, 0.6) is 0 Å². The number of hydrogen-bond donors (Lipinski definition) is 1. The first-order valence-corrected chi connectivity index (χ1v) is 5.44. The van der Waals surface area contributed by atoms with Gasteiger partial charge in [0.05, 0.1) is 10.5 Å². The first-order chi connectivity index (χ1) is 7.06. The van der Waals surface area contributed by atoms with Crippen LogP contribution in [0.2, 0.25) is 10.0 Å². The summed E-state index contributed by atoms with van der Waals surface area (Å²) in [7, 11) is 1.98. The summed E-state index contributed by atoms with van der Waals surface area (Å²) in [5.74, 6) is 0. The van der Waals surface area contributed by atoms with E-state index in [9.17, 15) is 0 Å². The molecule has 4 heteroatoms. The van der Waals surface area contributed by atoms with Gasteiger partial charge in [0.1, 0.15) is 0 Å². The van der Waals surface area contributed by atoms with Crippen LogP contribution in [-0.2, 0) is 13.6 Å². The molecule has 0 bridgehead atoms. The highest BCUT2D eigenvalue weighted by molar-refractivity contribution is 6.38. The van der Waals surface area contributed by atoms with Crippen LogP contribution in [-0.4, -0.2) is 4.57 Å². The molecule has 1 aromatic heterocycles. The van der Waals surface area contributed by atoms with E-state index in [-0.39, 0.29) is 0 Å². The third kappa shape index (κ3) is 1.53. The van der Waals surface area contributed by atoms with E-state index in [1.807, 2.05) is 20.0 Å². The molecule has 15 heavy (non-hydrogen) atoms. The van der Waals surface area contributed by atoms with Crippen molar-refractivity contribution in [1.29, 1.82) is 0 Å². The molecule has 2 nitrogen and oxygen atoms in total. The Hall–Kier alpha value is -0.700. The smallest absolute Gasteiger partial charge is 0.0673 e. The second-order valence-electron chi connectivity index (χ2n) is 3.61. The zero-order valence-electron chi connectivity index (χ0n) is 8.64. The summed E-state index contributed by atoms with van der Waals surface area (Å²) >= 11 is 12.1. The van der Waals surface area contributed by atoms with Crippen molar-refractivity contribution in [3.8, 4) is 0 Å². The number of nitrogens with zero attached hydrogens (tertiary/aromatic N) is 1. The lowest BCUT2D eigenvalue weighted by Gasteiger charge is -2.01. The molecule has 2 N–H and O–H groups in total. The molecular formula is C11H12Cl2N2. The third-order valence-electron chi connectivity index (χ3n) is 2.83. The fourth-order valence-electron chi connectivity index (χ4n) is 1.96. The van der Waals surface area contributed by atoms with Gasteiger partial charge in [-0.3, -0.25) is 0 Å². The molecule has 0 atom stereocenters. The number of benzene rings is 1. The van der Waals surface area contributed by atoms with Crippen LogP contribution in [0, 0.1) is 6.92 Å². The highest BCUT2D eigenvalue weighted by atomic mass is 35.5. The van der Waals surface area contributed by atoms with Crippen molar-refractivity contribution in [2.45, 2.75) is 13.5 Å². The van der Waals surface area contributed by atoms with E-state index in [2.05, 4.69) is 4.57 Å². The van der Waals surface area contributed by atoms with Crippen LogP contribution in [0.15, 0.2) is 12.1 Å². The van der Waals surface area contributed by atoms with E-state index >= 15 is 0 Å². The molecular weight excluding hydrogens is 231 g/mol. The van der Waals surface area contributed by atoms with E-state index in [1.54, 1.807) is 6.07 Å². The van der Waals surface area contributed by atoms with Gasteiger partial charge >= 0.3 is 0 Å². The molecule has 0 radical (unpaired) electrons. The Labute approximate surface area is 98.6 Å². The molecule has 0 aliphatic rings. The van der Waals surface area contributed by atoms with Crippen molar-refractivity contribution < 1.29 is 0 Å². The third-order valence-corrected chi connectivity index (χ3v) is 3.34. The number of rotatable bonds is 1. The van der Waals surface area contributed by atoms with Crippen molar-refractivity contribution in [2.75, 3.05) is 0 Å². The lowest BCUT2D eigenvalue weighted by molar-refractivity contribution is 0.894. The topological polar surface area (TPSA) is 30.9 Å². The molecule has 0 unspecified atom stereocenters. The quantitative estimate of drug-likeness (QED) is 0.818. The Morgan fingerprint density at radius 1 is 1.33 bits per heavy atom. The van der Waals surface area contributed by atoms with Gasteiger partial charge in [-0.05, 0) is 24.6 Å². The second-order valence-corrected chi connectivity index (χ2v) is 4.45. The van der Waals surface area contributed by atoms with E-state index in [0.717, 1.165) is 22.2 Å². The SMILES string of the molecule is Cc1c(CN)c2cc(Cl)cc(Cl)c2n1C. The Balaban J connectivity index is 2.97. The van der Waals surface area contributed by atoms with E-state index in [0.29, 0.717) is 16.6 Å². The predicted molar refractivity (Wildman–Crippen MR) is 65.6 cm³/mol. The number of aryl methyl sites for hydroxylation is 1. The number of nitrogens with two attached hydrogens (primary N) is 1. The van der Waals surface area contributed by atoms with Crippen molar-refractivity contribution in [3.63, 3.8) is 0 Å². The molecule has 2 rings (SSSR count). The van der Waals surface area contributed by atoms with Crippen LogP contribution >= 0.6 is 23.2 Å². The molecule has 1 heterocycles. The molecule has 80 valence electrons. The van der Waals surface area contributed by atoms with Crippen molar-refractivity contribution in [3.05, 3.63) is 33.4 Å². The Morgan fingerprint density at radius 3 is 2.60 bits per heavy atom. The van der Waals surface area contributed by atoms with E-state index in [4.69, 9.17) is 28.9 Å². The predicted octanol–water partition coefficient (Wildman–Crippen LogP) is 3.25. The molecule has 0 amide bonds. The van der Waals surface area contributed by atoms with Crippen molar-refractivity contribution in [2.24, 2.45) is 12.8 Å². The summed E-state index contributed by atoms with van der Waals surface area (Å²) in [6.07, 6.45) is 0. The van der Waals surface area contributed by atoms with Gasteiger partial charge < -0.3 is 10.3 Å². The molecule has 1 aromatic carbocycles. The lowest BCUT2D eigenvalue weighted by atomic mass is 10.1. The average molecular weight is 243 g/mol. The van der Waals surface area contributed by atoms with Crippen LogP contribution in [0.3, 0.4) is 0 Å². The first kappa shape index (κ1) is 10.8. The molecule has 0 aliphatic heterocycles. The molecule has 2 aromatic rings. The summed E-state index contributed by atoms with van der Waals surface area (Å²) in [6, 6.07) is 3.67. The van der Waals surface area contributed by atoms with Crippen LogP contribution in [0.1, 0.15) is 11.3 Å². The highest BCUT2D eigenvalue weighted by Crippen LogP contribution is 2.33. The number of aromatic nitrogens is 1. The lowest BCUT2D eigenvalue weighted by Crippen LogP contribution is -1.98. The Morgan fingerprint density at radius 2 is 2.00 bits per heavy atom. The van der Waals surface area contributed by atoms with Gasteiger partial charge in [0, 0.05) is 29.7 Å². The molecule has 0 saturated carbocycles. The second kappa shape index (κ2) is 3.71. The summed E-state index contributed by atoms with van der Waals surface area (Å²) in [4.78, 5) is 0. The maximum absolute atomic E-state index is 6.16. The maximum Gasteiger partial charge on any atom is 0.0673 e. The molecule has 0 fully saturated rings. The molecule has 0 spiro atoms. The minimum absolute atomic E-state index is 0.500. The molecule has 0 saturated heterocycles. The normalized spacial score (nSPS) is 11.3. The minimum Gasteiger partial charge on any atom is -0.346 e. The standard InChI is InChI=1S/C11H12Cl2N2/c1-6-9(5-14)8-3-7(12)4-10(13)11(8)15(6)2/h3-4H,5,14H2,1-2H3. The summed E-state index contributed by atoms with van der Waals surface area (Å²) in [6.45, 7) is 2.53. The zero-order valence-corrected chi connectivity index (χ0v) is 10.2. The van der Waals surface area contributed by atoms with Gasteiger partial charge in [-0.25, -0.2) is 0 Å². The Bertz CT molecular complexity index is 529. The zero-order chi connectivity index (χ0) is 11.2. The number of hydrogen-bond acceptors (Lipinski definition) is 1. The van der Waals surface area contributed by atoms with Crippen LogP contribution in [0.4, 0.5) is 0 Å². The summed E-state index contributed by atoms with van der Waals surface area (Å²) < 4.78 is 2.05. The fraction of sp³-hybridized carbons (Fsp3) is 0.273. The number of halogens is 2. The average Bonchev–Trinajstić information content (AvgIpc) is 2.39. The first-order valence-electron chi connectivity index (χ1n) is 4.69. The van der Waals surface area contributed by atoms with Crippen molar-refractivity contribution in [1.82, 2.24) is 4.57 Å². The largest absolute Gasteiger partial charge is 0.346 e. The Kier molecular flexibility index (Phi) is 2.67. The van der Waals surface area contributed by atoms with Gasteiger partial charge in [-0.1, -0.05) is 23.2 Å².